The Bertz CT molecular complexity index is 342. The second-order valence-corrected chi connectivity index (χ2v) is 5.71. The van der Waals surface area contributed by atoms with Crippen molar-refractivity contribution in [2.75, 3.05) is 66.7 Å². The van der Waals surface area contributed by atoms with Gasteiger partial charge >= 0.3 is 6.18 Å². The van der Waals surface area contributed by atoms with E-state index in [9.17, 15) is 13.2 Å². The van der Waals surface area contributed by atoms with Crippen molar-refractivity contribution < 1.29 is 22.6 Å². The summed E-state index contributed by atoms with van der Waals surface area (Å²) in [4.78, 5) is 5.31. The highest BCUT2D eigenvalue weighted by molar-refractivity contribution is 5.79. The van der Waals surface area contributed by atoms with Gasteiger partial charge in [-0.15, -0.1) is 0 Å². The van der Waals surface area contributed by atoms with Crippen LogP contribution < -0.4 is 10.6 Å². The van der Waals surface area contributed by atoms with Gasteiger partial charge in [-0.05, 0) is 26.4 Å². The van der Waals surface area contributed by atoms with E-state index in [2.05, 4.69) is 22.5 Å². The van der Waals surface area contributed by atoms with Gasteiger partial charge in [0.2, 0.25) is 0 Å². The van der Waals surface area contributed by atoms with Crippen LogP contribution >= 0.6 is 0 Å². The lowest BCUT2D eigenvalue weighted by Gasteiger charge is -2.19. The Labute approximate surface area is 149 Å². The fourth-order valence-corrected chi connectivity index (χ4v) is 1.97. The number of hydrogen-bond acceptors (Lipinski definition) is 4. The van der Waals surface area contributed by atoms with E-state index in [-0.39, 0.29) is 0 Å². The molecule has 0 aliphatic heterocycles. The zero-order valence-electron chi connectivity index (χ0n) is 15.6. The Morgan fingerprint density at radius 2 is 1.64 bits per heavy atom. The minimum Gasteiger partial charge on any atom is -0.379 e. The molecule has 9 heteroatoms. The molecule has 0 spiro atoms. The molecule has 6 nitrogen and oxygen atoms in total. The first-order chi connectivity index (χ1) is 11.9. The van der Waals surface area contributed by atoms with Gasteiger partial charge in [-0.2, -0.15) is 13.2 Å². The van der Waals surface area contributed by atoms with Crippen molar-refractivity contribution in [3.05, 3.63) is 0 Å². The van der Waals surface area contributed by atoms with Gasteiger partial charge in [0, 0.05) is 26.7 Å². The van der Waals surface area contributed by atoms with Crippen LogP contribution in [-0.4, -0.2) is 83.7 Å². The number of rotatable bonds is 14. The van der Waals surface area contributed by atoms with Gasteiger partial charge in [0.1, 0.15) is 0 Å². The highest BCUT2D eigenvalue weighted by Crippen LogP contribution is 2.15. The average molecular weight is 370 g/mol. The Balaban J connectivity index is 3.54. The molecule has 0 aromatic heterocycles. The first kappa shape index (κ1) is 23.9. The number of halogens is 3. The van der Waals surface area contributed by atoms with Gasteiger partial charge in [-0.1, -0.05) is 13.3 Å². The maximum Gasteiger partial charge on any atom is 0.401 e. The maximum absolute atomic E-state index is 12.2. The normalized spacial score (nSPS) is 12.7. The molecule has 150 valence electrons. The molecule has 0 saturated carbocycles. The maximum atomic E-state index is 12.2. The molecule has 2 N–H and O–H groups in total. The van der Waals surface area contributed by atoms with Crippen molar-refractivity contribution in [1.29, 1.82) is 0 Å². The molecule has 0 bridgehead atoms. The molecule has 0 heterocycles. The SMILES string of the molecule is CCCCOCCOCCNC(=NC)NCCCN(C)CC(F)(F)F. The van der Waals surface area contributed by atoms with E-state index in [0.29, 0.717) is 51.8 Å². The van der Waals surface area contributed by atoms with Gasteiger partial charge in [0.15, 0.2) is 5.96 Å². The van der Waals surface area contributed by atoms with Crippen LogP contribution in [0.4, 0.5) is 13.2 Å². The summed E-state index contributed by atoms with van der Waals surface area (Å²) in [6, 6.07) is 0. The number of alkyl halides is 3. The van der Waals surface area contributed by atoms with E-state index in [1.165, 1.54) is 11.9 Å². The largest absolute Gasteiger partial charge is 0.401 e. The topological polar surface area (TPSA) is 58.1 Å². The number of hydrogen-bond donors (Lipinski definition) is 2. The third-order valence-electron chi connectivity index (χ3n) is 3.23. The Morgan fingerprint density at radius 1 is 1.00 bits per heavy atom. The molecule has 0 aliphatic rings. The van der Waals surface area contributed by atoms with E-state index >= 15 is 0 Å². The average Bonchev–Trinajstić information content (AvgIpc) is 2.53. The summed E-state index contributed by atoms with van der Waals surface area (Å²) in [5, 5.41) is 6.15. The molecule has 0 fully saturated rings. The van der Waals surface area contributed by atoms with E-state index in [0.717, 1.165) is 19.4 Å². The molecule has 0 aromatic carbocycles. The minimum atomic E-state index is -4.15. The van der Waals surface area contributed by atoms with Crippen molar-refractivity contribution in [2.24, 2.45) is 4.99 Å². The number of ether oxygens (including phenoxy) is 2. The first-order valence-electron chi connectivity index (χ1n) is 8.74. The highest BCUT2D eigenvalue weighted by Gasteiger charge is 2.28. The lowest BCUT2D eigenvalue weighted by atomic mass is 10.4. The molecule has 0 rings (SSSR count). The number of aliphatic imine (C=N–C) groups is 1. The fraction of sp³-hybridized carbons (Fsp3) is 0.938. The molecular weight excluding hydrogens is 337 g/mol. The molecule has 0 unspecified atom stereocenters. The van der Waals surface area contributed by atoms with Crippen molar-refractivity contribution in [2.45, 2.75) is 32.4 Å². The summed E-state index contributed by atoms with van der Waals surface area (Å²) in [6.07, 6.45) is -1.37. The van der Waals surface area contributed by atoms with Crippen LogP contribution in [0.2, 0.25) is 0 Å². The van der Waals surface area contributed by atoms with E-state index < -0.39 is 12.7 Å². The number of nitrogens with one attached hydrogen (secondary N) is 2. The van der Waals surface area contributed by atoms with Crippen LogP contribution in [-0.2, 0) is 9.47 Å². The van der Waals surface area contributed by atoms with E-state index in [1.54, 1.807) is 7.05 Å². The summed E-state index contributed by atoms with van der Waals surface area (Å²) in [5.41, 5.74) is 0. The Kier molecular flexibility index (Phi) is 14.6. The number of guanidine groups is 1. The van der Waals surface area contributed by atoms with Crippen LogP contribution in [0.25, 0.3) is 0 Å². The second kappa shape index (κ2) is 15.2. The van der Waals surface area contributed by atoms with Crippen LogP contribution in [0.1, 0.15) is 26.2 Å². The molecule has 0 aliphatic carbocycles. The van der Waals surface area contributed by atoms with Gasteiger partial charge in [0.25, 0.3) is 0 Å². The predicted octanol–water partition coefficient (Wildman–Crippen LogP) is 1.87. The smallest absolute Gasteiger partial charge is 0.379 e. The number of unbranched alkanes of at least 4 members (excludes halogenated alkanes) is 1. The number of nitrogens with zero attached hydrogens (tertiary/aromatic N) is 2. The quantitative estimate of drug-likeness (QED) is 0.278. The molecule has 0 amide bonds. The monoisotopic (exact) mass is 370 g/mol. The fourth-order valence-electron chi connectivity index (χ4n) is 1.97. The Hall–Kier alpha value is -1.06. The lowest BCUT2D eigenvalue weighted by molar-refractivity contribution is -0.143. The highest BCUT2D eigenvalue weighted by atomic mass is 19.4. The molecule has 0 radical (unpaired) electrons. The van der Waals surface area contributed by atoms with Crippen LogP contribution in [0.3, 0.4) is 0 Å². The first-order valence-corrected chi connectivity index (χ1v) is 8.74. The summed E-state index contributed by atoms with van der Waals surface area (Å²) in [5.74, 6) is 0.612. The molecule has 0 aromatic rings. The van der Waals surface area contributed by atoms with Gasteiger partial charge < -0.3 is 20.1 Å². The third-order valence-corrected chi connectivity index (χ3v) is 3.23. The summed E-state index contributed by atoms with van der Waals surface area (Å²) >= 11 is 0. The standard InChI is InChI=1S/C16H33F3N4O2/c1-4-5-10-24-12-13-25-11-8-22-15(20-2)21-7-6-9-23(3)14-16(17,18)19/h4-14H2,1-3H3,(H2,20,21,22). The van der Waals surface area contributed by atoms with Gasteiger partial charge in [-0.25, -0.2) is 0 Å². The molecule has 25 heavy (non-hydrogen) atoms. The summed E-state index contributed by atoms with van der Waals surface area (Å²) in [6.45, 7) is 5.20. The molecule has 0 atom stereocenters. The van der Waals surface area contributed by atoms with Gasteiger partial charge in [-0.3, -0.25) is 9.89 Å². The molecular formula is C16H33F3N4O2. The summed E-state index contributed by atoms with van der Waals surface area (Å²) in [7, 11) is 3.11. The van der Waals surface area contributed by atoms with E-state index in [1.807, 2.05) is 0 Å². The minimum absolute atomic E-state index is 0.366. The predicted molar refractivity (Wildman–Crippen MR) is 94.1 cm³/mol. The second-order valence-electron chi connectivity index (χ2n) is 5.71. The zero-order chi connectivity index (χ0) is 19.0. The van der Waals surface area contributed by atoms with Crippen LogP contribution in [0.5, 0.6) is 0 Å². The van der Waals surface area contributed by atoms with Crippen molar-refractivity contribution in [3.63, 3.8) is 0 Å². The van der Waals surface area contributed by atoms with E-state index in [4.69, 9.17) is 9.47 Å². The lowest BCUT2D eigenvalue weighted by Crippen LogP contribution is -2.40. The molecule has 0 saturated heterocycles. The van der Waals surface area contributed by atoms with Crippen molar-refractivity contribution >= 4 is 5.96 Å². The van der Waals surface area contributed by atoms with Gasteiger partial charge in [0.05, 0.1) is 26.4 Å². The van der Waals surface area contributed by atoms with Crippen LogP contribution in [0.15, 0.2) is 4.99 Å². The Morgan fingerprint density at radius 3 is 2.24 bits per heavy atom. The summed E-state index contributed by atoms with van der Waals surface area (Å²) < 4.78 is 47.4. The van der Waals surface area contributed by atoms with Crippen LogP contribution in [0, 0.1) is 0 Å². The zero-order valence-corrected chi connectivity index (χ0v) is 15.6. The van der Waals surface area contributed by atoms with Crippen molar-refractivity contribution in [3.8, 4) is 0 Å². The van der Waals surface area contributed by atoms with Crippen molar-refractivity contribution in [1.82, 2.24) is 15.5 Å². The third kappa shape index (κ3) is 17.6.